The second kappa shape index (κ2) is 12.1. The first-order valence-corrected chi connectivity index (χ1v) is 14.0. The Hall–Kier alpha value is -4.60. The molecule has 0 spiro atoms. The number of ether oxygens (including phenoxy) is 3. The number of aliphatic hydroxyl groups excluding tert-OH is 1. The lowest BCUT2D eigenvalue weighted by Gasteiger charge is -2.31. The Kier molecular flexibility index (Phi) is 7.94. The molecule has 4 aromatic rings. The highest BCUT2D eigenvalue weighted by Crippen LogP contribution is 2.41. The zero-order valence-electron chi connectivity index (χ0n) is 23.3. The molecule has 3 aromatic carbocycles. The van der Waals surface area contributed by atoms with E-state index in [-0.39, 0.29) is 11.3 Å². The van der Waals surface area contributed by atoms with Crippen LogP contribution in [0.2, 0.25) is 0 Å². The summed E-state index contributed by atoms with van der Waals surface area (Å²) in [6.07, 6.45) is 0. The van der Waals surface area contributed by atoms with Crippen molar-refractivity contribution in [2.75, 3.05) is 46.5 Å². The molecule has 1 saturated heterocycles. The fraction of sp³-hybridized carbons (Fsp3) is 0.273. The van der Waals surface area contributed by atoms with Crippen LogP contribution in [0.25, 0.3) is 11.0 Å². The fourth-order valence-electron chi connectivity index (χ4n) is 5.49. The van der Waals surface area contributed by atoms with Gasteiger partial charge < -0.3 is 28.6 Å². The molecular formula is C33H32N2O7. The Morgan fingerprint density at radius 3 is 2.55 bits per heavy atom. The van der Waals surface area contributed by atoms with Gasteiger partial charge in [-0.15, -0.1) is 0 Å². The molecule has 1 aromatic heterocycles. The topological polar surface area (TPSA) is 102 Å². The molecule has 0 bridgehead atoms. The summed E-state index contributed by atoms with van der Waals surface area (Å²) in [7, 11) is 1.53. The summed E-state index contributed by atoms with van der Waals surface area (Å²) >= 11 is 0. The number of benzene rings is 3. The first-order valence-electron chi connectivity index (χ1n) is 14.0. The Labute approximate surface area is 243 Å². The van der Waals surface area contributed by atoms with Gasteiger partial charge in [0.1, 0.15) is 12.4 Å². The van der Waals surface area contributed by atoms with Crippen LogP contribution in [0.1, 0.15) is 27.7 Å². The predicted octanol–water partition coefficient (Wildman–Crippen LogP) is 4.93. The molecule has 1 amide bonds. The maximum Gasteiger partial charge on any atom is 0.290 e. The zero-order chi connectivity index (χ0) is 29.1. The monoisotopic (exact) mass is 568 g/mol. The van der Waals surface area contributed by atoms with Gasteiger partial charge in [-0.2, -0.15) is 0 Å². The Bertz CT molecular complexity index is 1620. The van der Waals surface area contributed by atoms with Crippen LogP contribution in [0.4, 0.5) is 0 Å². The summed E-state index contributed by atoms with van der Waals surface area (Å²) in [5.41, 5.74) is 2.06. The average molecular weight is 569 g/mol. The molecule has 9 heteroatoms. The van der Waals surface area contributed by atoms with Gasteiger partial charge in [-0.1, -0.05) is 54.6 Å². The number of fused-ring (bicyclic) bond motifs is 1. The normalized spacial score (nSPS) is 17.7. The molecule has 1 atom stereocenters. The number of carbonyl (C=O) groups is 2. The van der Waals surface area contributed by atoms with Crippen LogP contribution in [0, 0.1) is 0 Å². The van der Waals surface area contributed by atoms with Crippen molar-refractivity contribution in [2.45, 2.75) is 12.6 Å². The Morgan fingerprint density at radius 1 is 0.976 bits per heavy atom. The first-order chi connectivity index (χ1) is 20.5. The van der Waals surface area contributed by atoms with Crippen LogP contribution in [-0.2, 0) is 16.1 Å². The summed E-state index contributed by atoms with van der Waals surface area (Å²) in [6, 6.07) is 23.2. The summed E-state index contributed by atoms with van der Waals surface area (Å²) in [6.45, 7) is 4.01. The number of furan rings is 1. The summed E-state index contributed by atoms with van der Waals surface area (Å²) in [4.78, 5) is 31.3. The molecular weight excluding hydrogens is 536 g/mol. The molecule has 0 aliphatic carbocycles. The van der Waals surface area contributed by atoms with E-state index in [2.05, 4.69) is 4.90 Å². The van der Waals surface area contributed by atoms with Gasteiger partial charge in [-0.05, 0) is 35.4 Å². The molecule has 0 radical (unpaired) electrons. The number of morpholine rings is 1. The minimum atomic E-state index is -0.832. The SMILES string of the molecule is COc1cccc2cc(C(=O)C3=C(O)C(=O)N(CCN4CCOCC4)C3c3cccc(OCc4ccccc4)c3)oc12. The van der Waals surface area contributed by atoms with Gasteiger partial charge in [-0.3, -0.25) is 14.5 Å². The molecule has 0 saturated carbocycles. The van der Waals surface area contributed by atoms with Gasteiger partial charge in [0.15, 0.2) is 22.9 Å². The number of Topliss-reactive ketones (excluding diaryl/α,β-unsaturated/α-hetero) is 1. The Balaban J connectivity index is 1.34. The van der Waals surface area contributed by atoms with Gasteiger partial charge in [0.25, 0.3) is 5.91 Å². The number of amides is 1. The van der Waals surface area contributed by atoms with Crippen molar-refractivity contribution < 1.29 is 33.3 Å². The lowest BCUT2D eigenvalue weighted by Crippen LogP contribution is -2.43. The van der Waals surface area contributed by atoms with Crippen LogP contribution in [-0.4, -0.2) is 73.1 Å². The van der Waals surface area contributed by atoms with E-state index in [0.29, 0.717) is 60.9 Å². The van der Waals surface area contributed by atoms with Gasteiger partial charge in [0.05, 0.1) is 31.9 Å². The number of hydrogen-bond acceptors (Lipinski definition) is 8. The van der Waals surface area contributed by atoms with Gasteiger partial charge in [-0.25, -0.2) is 0 Å². The lowest BCUT2D eigenvalue weighted by atomic mass is 9.94. The van der Waals surface area contributed by atoms with Crippen molar-refractivity contribution in [3.63, 3.8) is 0 Å². The van der Waals surface area contributed by atoms with E-state index in [9.17, 15) is 14.7 Å². The van der Waals surface area contributed by atoms with Crippen LogP contribution in [0.5, 0.6) is 11.5 Å². The summed E-state index contributed by atoms with van der Waals surface area (Å²) in [5.74, 6) is -0.646. The number of hydrogen-bond donors (Lipinski definition) is 1. The third-order valence-electron chi connectivity index (χ3n) is 7.68. The van der Waals surface area contributed by atoms with Crippen LogP contribution >= 0.6 is 0 Å². The molecule has 6 rings (SSSR count). The fourth-order valence-corrected chi connectivity index (χ4v) is 5.49. The van der Waals surface area contributed by atoms with Crippen molar-refractivity contribution in [3.8, 4) is 11.5 Å². The number of para-hydroxylation sites is 1. The zero-order valence-corrected chi connectivity index (χ0v) is 23.3. The standard InChI is InChI=1S/C33H32N2O7/c1-39-26-12-6-10-24-20-27(42-32(24)26)30(36)28-29(35(33(38)31(28)37)14-13-34-15-17-40-18-16-34)23-9-5-11-25(19-23)41-21-22-7-3-2-4-8-22/h2-12,19-20,29,37H,13-18,21H2,1H3. The second-order valence-electron chi connectivity index (χ2n) is 10.3. The molecule has 2 aliphatic heterocycles. The molecule has 9 nitrogen and oxygen atoms in total. The quantitative estimate of drug-likeness (QED) is 0.269. The van der Waals surface area contributed by atoms with Gasteiger partial charge in [0.2, 0.25) is 5.78 Å². The van der Waals surface area contributed by atoms with E-state index in [1.165, 1.54) is 7.11 Å². The molecule has 42 heavy (non-hydrogen) atoms. The third-order valence-corrected chi connectivity index (χ3v) is 7.68. The molecule has 1 N–H and O–H groups in total. The van der Waals surface area contributed by atoms with Crippen molar-refractivity contribution in [1.29, 1.82) is 0 Å². The molecule has 3 heterocycles. The highest BCUT2D eigenvalue weighted by molar-refractivity contribution is 6.16. The number of ketones is 1. The molecule has 216 valence electrons. The van der Waals surface area contributed by atoms with Gasteiger partial charge in [0, 0.05) is 31.6 Å². The smallest absolute Gasteiger partial charge is 0.290 e. The lowest BCUT2D eigenvalue weighted by molar-refractivity contribution is -0.129. The highest BCUT2D eigenvalue weighted by atomic mass is 16.5. The molecule has 1 unspecified atom stereocenters. The molecule has 1 fully saturated rings. The van der Waals surface area contributed by atoms with Crippen molar-refractivity contribution >= 4 is 22.7 Å². The van der Waals surface area contributed by atoms with E-state index in [1.54, 1.807) is 23.1 Å². The highest BCUT2D eigenvalue weighted by Gasteiger charge is 2.44. The second-order valence-corrected chi connectivity index (χ2v) is 10.3. The largest absolute Gasteiger partial charge is 0.503 e. The van der Waals surface area contributed by atoms with E-state index < -0.39 is 23.5 Å². The van der Waals surface area contributed by atoms with Crippen molar-refractivity contribution in [3.05, 3.63) is 107 Å². The number of nitrogens with zero attached hydrogens (tertiary/aromatic N) is 2. The maximum absolute atomic E-state index is 14.0. The number of carbonyl (C=O) groups excluding carboxylic acids is 2. The minimum absolute atomic E-state index is 0.0142. The summed E-state index contributed by atoms with van der Waals surface area (Å²) < 4.78 is 22.8. The third kappa shape index (κ3) is 5.48. The number of rotatable bonds is 10. The average Bonchev–Trinajstić information content (AvgIpc) is 3.58. The van der Waals surface area contributed by atoms with Crippen LogP contribution in [0.3, 0.4) is 0 Å². The predicted molar refractivity (Wildman–Crippen MR) is 156 cm³/mol. The minimum Gasteiger partial charge on any atom is -0.503 e. The van der Waals surface area contributed by atoms with Crippen molar-refractivity contribution in [2.24, 2.45) is 0 Å². The van der Waals surface area contributed by atoms with Crippen molar-refractivity contribution in [1.82, 2.24) is 9.80 Å². The van der Waals surface area contributed by atoms with E-state index in [0.717, 1.165) is 18.7 Å². The number of aliphatic hydroxyl groups is 1. The first kappa shape index (κ1) is 27.6. The Morgan fingerprint density at radius 2 is 1.76 bits per heavy atom. The van der Waals surface area contributed by atoms with E-state index in [4.69, 9.17) is 18.6 Å². The van der Waals surface area contributed by atoms with E-state index in [1.807, 2.05) is 60.7 Å². The molecule has 2 aliphatic rings. The van der Waals surface area contributed by atoms with Crippen LogP contribution in [0.15, 0.2) is 94.6 Å². The number of methoxy groups -OCH3 is 1. The summed E-state index contributed by atoms with van der Waals surface area (Å²) in [5, 5.41) is 11.8. The van der Waals surface area contributed by atoms with E-state index >= 15 is 0 Å². The van der Waals surface area contributed by atoms with Crippen LogP contribution < -0.4 is 9.47 Å². The van der Waals surface area contributed by atoms with Gasteiger partial charge >= 0.3 is 0 Å². The maximum atomic E-state index is 14.0.